The maximum absolute atomic E-state index is 12.7. The highest BCUT2D eigenvalue weighted by Gasteiger charge is 2.15. The van der Waals surface area contributed by atoms with Gasteiger partial charge in [0.25, 0.3) is 15.9 Å². The van der Waals surface area contributed by atoms with Gasteiger partial charge >= 0.3 is 0 Å². The van der Waals surface area contributed by atoms with Crippen molar-refractivity contribution in [3.8, 4) is 22.8 Å². The van der Waals surface area contributed by atoms with E-state index in [9.17, 15) is 13.2 Å². The van der Waals surface area contributed by atoms with Crippen LogP contribution >= 0.6 is 11.3 Å². The van der Waals surface area contributed by atoms with E-state index in [2.05, 4.69) is 15.0 Å². The first-order valence-electron chi connectivity index (χ1n) is 10.5. The normalized spacial score (nSPS) is 11.1. The highest BCUT2D eigenvalue weighted by Crippen LogP contribution is 2.33. The molecule has 10 heteroatoms. The molecular formula is C25H23N3O5S2. The highest BCUT2D eigenvalue weighted by atomic mass is 32.2. The van der Waals surface area contributed by atoms with Gasteiger partial charge in [-0.2, -0.15) is 0 Å². The lowest BCUT2D eigenvalue weighted by molar-refractivity contribution is 0.102. The first-order valence-corrected chi connectivity index (χ1v) is 12.8. The zero-order chi connectivity index (χ0) is 25.0. The van der Waals surface area contributed by atoms with Crippen molar-refractivity contribution in [2.24, 2.45) is 0 Å². The van der Waals surface area contributed by atoms with E-state index in [0.717, 1.165) is 11.1 Å². The summed E-state index contributed by atoms with van der Waals surface area (Å²) in [5, 5.41) is 5.04. The van der Waals surface area contributed by atoms with Crippen LogP contribution in [0.2, 0.25) is 0 Å². The summed E-state index contributed by atoms with van der Waals surface area (Å²) in [4.78, 5) is 17.3. The van der Waals surface area contributed by atoms with Crippen molar-refractivity contribution in [1.82, 2.24) is 4.98 Å². The van der Waals surface area contributed by atoms with Gasteiger partial charge in [-0.1, -0.05) is 17.7 Å². The van der Waals surface area contributed by atoms with E-state index in [1.807, 2.05) is 24.4 Å². The van der Waals surface area contributed by atoms with Crippen molar-refractivity contribution in [2.45, 2.75) is 11.8 Å². The van der Waals surface area contributed by atoms with Gasteiger partial charge in [0.15, 0.2) is 16.6 Å². The monoisotopic (exact) mass is 509 g/mol. The van der Waals surface area contributed by atoms with Crippen LogP contribution in [-0.4, -0.2) is 33.5 Å². The quantitative estimate of drug-likeness (QED) is 0.339. The molecule has 3 aromatic carbocycles. The Bertz CT molecular complexity index is 1450. The second-order valence-corrected chi connectivity index (χ2v) is 10.1. The highest BCUT2D eigenvalue weighted by molar-refractivity contribution is 7.92. The molecule has 4 rings (SSSR count). The van der Waals surface area contributed by atoms with Crippen LogP contribution < -0.4 is 19.5 Å². The van der Waals surface area contributed by atoms with Crippen LogP contribution in [0.1, 0.15) is 15.9 Å². The van der Waals surface area contributed by atoms with Crippen molar-refractivity contribution in [1.29, 1.82) is 0 Å². The van der Waals surface area contributed by atoms with E-state index in [0.29, 0.717) is 33.6 Å². The average molecular weight is 510 g/mol. The van der Waals surface area contributed by atoms with E-state index in [4.69, 9.17) is 9.47 Å². The van der Waals surface area contributed by atoms with E-state index in [-0.39, 0.29) is 10.8 Å². The molecule has 1 aromatic heterocycles. The molecule has 0 atom stereocenters. The Morgan fingerprint density at radius 3 is 2.26 bits per heavy atom. The summed E-state index contributed by atoms with van der Waals surface area (Å²) in [5.74, 6) is 0.845. The lowest BCUT2D eigenvalue weighted by Gasteiger charge is -2.09. The van der Waals surface area contributed by atoms with Gasteiger partial charge in [-0.15, -0.1) is 11.3 Å². The van der Waals surface area contributed by atoms with Gasteiger partial charge in [0.05, 0.1) is 24.8 Å². The Morgan fingerprint density at radius 1 is 0.914 bits per heavy atom. The first kappa shape index (κ1) is 24.2. The number of methoxy groups -OCH3 is 2. The predicted octanol–water partition coefficient (Wildman–Crippen LogP) is 5.19. The third-order valence-electron chi connectivity index (χ3n) is 5.13. The largest absolute Gasteiger partial charge is 0.493 e. The molecule has 35 heavy (non-hydrogen) atoms. The number of thiazole rings is 1. The molecule has 0 aliphatic heterocycles. The number of ether oxygens (including phenoxy) is 2. The molecule has 2 N–H and O–H groups in total. The number of sulfonamides is 1. The zero-order valence-electron chi connectivity index (χ0n) is 19.2. The van der Waals surface area contributed by atoms with E-state index in [1.165, 1.54) is 23.5 Å². The predicted molar refractivity (Wildman–Crippen MR) is 137 cm³/mol. The zero-order valence-corrected chi connectivity index (χ0v) is 20.9. The fourth-order valence-electron chi connectivity index (χ4n) is 3.25. The van der Waals surface area contributed by atoms with Crippen molar-refractivity contribution in [2.75, 3.05) is 24.3 Å². The number of nitrogens with one attached hydrogen (secondary N) is 2. The molecule has 180 valence electrons. The minimum absolute atomic E-state index is 0.166. The van der Waals surface area contributed by atoms with E-state index in [1.54, 1.807) is 56.7 Å². The number of nitrogens with zero attached hydrogens (tertiary/aromatic N) is 1. The fraction of sp³-hybridized carbons (Fsp3) is 0.120. The molecule has 8 nitrogen and oxygen atoms in total. The van der Waals surface area contributed by atoms with Crippen molar-refractivity contribution < 1.29 is 22.7 Å². The van der Waals surface area contributed by atoms with Crippen LogP contribution in [0.3, 0.4) is 0 Å². The number of aryl methyl sites for hydroxylation is 1. The Balaban J connectivity index is 1.43. The van der Waals surface area contributed by atoms with E-state index < -0.39 is 10.0 Å². The van der Waals surface area contributed by atoms with Crippen molar-refractivity contribution in [3.63, 3.8) is 0 Å². The van der Waals surface area contributed by atoms with Crippen LogP contribution in [0.15, 0.2) is 77.0 Å². The van der Waals surface area contributed by atoms with Crippen LogP contribution in [0.25, 0.3) is 11.3 Å². The molecule has 0 aliphatic rings. The Labute approximate surface area is 207 Å². The molecule has 4 aromatic rings. The summed E-state index contributed by atoms with van der Waals surface area (Å²) >= 11 is 1.29. The minimum atomic E-state index is -3.72. The number of anilines is 2. The molecule has 0 bridgehead atoms. The van der Waals surface area contributed by atoms with Crippen LogP contribution in [0, 0.1) is 6.92 Å². The number of hydrogen-bond acceptors (Lipinski definition) is 7. The molecular weight excluding hydrogens is 486 g/mol. The number of amides is 1. The Kier molecular flexibility index (Phi) is 7.04. The molecule has 0 spiro atoms. The van der Waals surface area contributed by atoms with Crippen LogP contribution in [-0.2, 0) is 10.0 Å². The molecule has 0 aliphatic carbocycles. The number of carbonyl (C=O) groups is 1. The average Bonchev–Trinajstić information content (AvgIpc) is 3.32. The summed E-state index contributed by atoms with van der Waals surface area (Å²) in [6.45, 7) is 1.89. The molecule has 0 radical (unpaired) electrons. The lowest BCUT2D eigenvalue weighted by Crippen LogP contribution is -2.14. The van der Waals surface area contributed by atoms with Gasteiger partial charge < -0.3 is 9.47 Å². The topological polar surface area (TPSA) is 107 Å². The number of hydrogen-bond donors (Lipinski definition) is 2. The maximum atomic E-state index is 12.7. The number of aromatic nitrogens is 1. The van der Waals surface area contributed by atoms with Gasteiger partial charge in [0.1, 0.15) is 0 Å². The van der Waals surface area contributed by atoms with Gasteiger partial charge in [-0.05, 0) is 61.5 Å². The molecule has 1 amide bonds. The maximum Gasteiger partial charge on any atom is 0.261 e. The standard InChI is InChI=1S/C25H23N3O5S2/c1-16-4-11-20(12-5-16)35(30,31)28-19-9-6-17(7-10-19)24(29)27-25-26-21(15-34-25)18-8-13-22(32-2)23(14-18)33-3/h4-15,28H,1-3H3,(H,26,27,29). The molecule has 0 fully saturated rings. The summed E-state index contributed by atoms with van der Waals surface area (Å²) in [6, 6.07) is 18.2. The van der Waals surface area contributed by atoms with E-state index >= 15 is 0 Å². The van der Waals surface area contributed by atoms with Crippen molar-refractivity contribution in [3.05, 3.63) is 83.2 Å². The fourth-order valence-corrected chi connectivity index (χ4v) is 5.02. The second kappa shape index (κ2) is 10.2. The molecule has 0 unspecified atom stereocenters. The third-order valence-corrected chi connectivity index (χ3v) is 7.29. The molecule has 0 saturated carbocycles. The lowest BCUT2D eigenvalue weighted by atomic mass is 10.1. The first-order chi connectivity index (χ1) is 16.8. The van der Waals surface area contributed by atoms with Crippen LogP contribution in [0.4, 0.5) is 10.8 Å². The van der Waals surface area contributed by atoms with Crippen LogP contribution in [0.5, 0.6) is 11.5 Å². The molecule has 0 saturated heterocycles. The number of rotatable bonds is 8. The van der Waals surface area contributed by atoms with Gasteiger partial charge in [0.2, 0.25) is 0 Å². The number of benzene rings is 3. The number of carbonyl (C=O) groups excluding carboxylic acids is 1. The smallest absolute Gasteiger partial charge is 0.261 e. The second-order valence-electron chi connectivity index (χ2n) is 7.56. The van der Waals surface area contributed by atoms with Crippen molar-refractivity contribution >= 4 is 38.1 Å². The third kappa shape index (κ3) is 5.61. The van der Waals surface area contributed by atoms with Gasteiger partial charge in [-0.25, -0.2) is 13.4 Å². The Hall–Kier alpha value is -3.89. The van der Waals surface area contributed by atoms with Gasteiger partial charge in [0, 0.05) is 22.2 Å². The summed E-state index contributed by atoms with van der Waals surface area (Å²) in [6.07, 6.45) is 0. The summed E-state index contributed by atoms with van der Waals surface area (Å²) in [5.41, 5.74) is 3.20. The van der Waals surface area contributed by atoms with Gasteiger partial charge in [-0.3, -0.25) is 14.8 Å². The SMILES string of the molecule is COc1ccc(-c2csc(NC(=O)c3ccc(NS(=O)(=O)c4ccc(C)cc4)cc3)n2)cc1OC. The summed E-state index contributed by atoms with van der Waals surface area (Å²) < 4.78 is 38.2. The summed E-state index contributed by atoms with van der Waals surface area (Å²) in [7, 11) is -0.589. The Morgan fingerprint density at radius 2 is 1.60 bits per heavy atom. The molecule has 1 heterocycles. The minimum Gasteiger partial charge on any atom is -0.493 e.